The summed E-state index contributed by atoms with van der Waals surface area (Å²) in [5.74, 6) is 0.884. The molecule has 0 saturated heterocycles. The van der Waals surface area contributed by atoms with Crippen molar-refractivity contribution in [1.29, 1.82) is 0 Å². The third-order valence-corrected chi connectivity index (χ3v) is 4.07. The Morgan fingerprint density at radius 2 is 1.78 bits per heavy atom. The van der Waals surface area contributed by atoms with E-state index in [2.05, 4.69) is 25.3 Å². The number of allylic oxidation sites excluding steroid dienone is 4. The van der Waals surface area contributed by atoms with Gasteiger partial charge >= 0.3 is 0 Å². The number of aromatic nitrogens is 1. The normalized spacial score (nSPS) is 25.1. The molecule has 0 spiro atoms. The van der Waals surface area contributed by atoms with Crippen LogP contribution in [-0.2, 0) is 0 Å². The number of rotatable bonds is 4. The zero-order valence-electron chi connectivity index (χ0n) is 10.2. The lowest BCUT2D eigenvalue weighted by Crippen LogP contribution is -2.05. The molecule has 0 fully saturated rings. The molecule has 1 aromatic heterocycles. The van der Waals surface area contributed by atoms with Crippen molar-refractivity contribution >= 4 is 0 Å². The minimum absolute atomic E-state index is 0.146. The predicted molar refractivity (Wildman–Crippen MR) is 71.0 cm³/mol. The van der Waals surface area contributed by atoms with Crippen LogP contribution in [-0.4, -0.2) is 14.8 Å². The zero-order chi connectivity index (χ0) is 12.9. The van der Waals surface area contributed by atoms with E-state index in [0.717, 1.165) is 17.5 Å². The molecule has 0 aliphatic heterocycles. The molecule has 2 bridgehead atoms. The van der Waals surface area contributed by atoms with Crippen LogP contribution in [0.15, 0.2) is 37.5 Å². The molecule has 1 heterocycles. The molecule has 3 rings (SSSR count). The molecule has 3 heteroatoms. The molecule has 94 valence electrons. The fourth-order valence-corrected chi connectivity index (χ4v) is 3.25. The van der Waals surface area contributed by atoms with Gasteiger partial charge in [0, 0.05) is 23.0 Å². The van der Waals surface area contributed by atoms with Crippen molar-refractivity contribution in [2.45, 2.75) is 30.7 Å². The number of fused-ring (bicyclic) bond motifs is 5. The second-order valence-electron chi connectivity index (χ2n) is 5.01. The molecule has 1 aromatic rings. The predicted octanol–water partition coefficient (Wildman–Crippen LogP) is 3.34. The SMILES string of the molecule is C=CCC(C=C)n1c(O)c2c(c1O)C1C=CC2C1. The minimum Gasteiger partial charge on any atom is -0.494 e. The first-order valence-corrected chi connectivity index (χ1v) is 6.26. The first kappa shape index (κ1) is 11.2. The molecular weight excluding hydrogens is 226 g/mol. The highest BCUT2D eigenvalue weighted by Gasteiger charge is 2.41. The van der Waals surface area contributed by atoms with Crippen LogP contribution in [0.1, 0.15) is 41.8 Å². The Hall–Kier alpha value is -1.90. The topological polar surface area (TPSA) is 45.4 Å². The van der Waals surface area contributed by atoms with Gasteiger partial charge in [-0.3, -0.25) is 4.57 Å². The number of nitrogens with zero attached hydrogens (tertiary/aromatic N) is 1. The molecule has 3 atom stereocenters. The minimum atomic E-state index is -0.146. The number of aromatic hydroxyl groups is 2. The molecule has 0 saturated carbocycles. The summed E-state index contributed by atoms with van der Waals surface area (Å²) in [7, 11) is 0. The van der Waals surface area contributed by atoms with Crippen LogP contribution >= 0.6 is 0 Å². The van der Waals surface area contributed by atoms with E-state index in [-0.39, 0.29) is 29.6 Å². The maximum absolute atomic E-state index is 10.4. The molecule has 0 aromatic carbocycles. The molecule has 3 nitrogen and oxygen atoms in total. The molecule has 0 amide bonds. The molecular formula is C15H17NO2. The highest BCUT2D eigenvalue weighted by Crippen LogP contribution is 2.57. The van der Waals surface area contributed by atoms with Gasteiger partial charge in [0.05, 0.1) is 6.04 Å². The highest BCUT2D eigenvalue weighted by molar-refractivity contribution is 5.59. The standard InChI is InChI=1S/C15H17NO2/c1-3-5-11(4-2)16-14(17)12-9-6-7-10(8-9)13(12)15(16)18/h3-4,6-7,9-11,17-18H,1-2,5,8H2. The average Bonchev–Trinajstić information content (AvgIpc) is 3.02. The van der Waals surface area contributed by atoms with Crippen LogP contribution in [0.5, 0.6) is 11.8 Å². The lowest BCUT2D eigenvalue weighted by Gasteiger charge is -2.16. The summed E-state index contributed by atoms with van der Waals surface area (Å²) in [6.45, 7) is 7.47. The summed E-state index contributed by atoms with van der Waals surface area (Å²) in [5.41, 5.74) is 1.80. The van der Waals surface area contributed by atoms with E-state index >= 15 is 0 Å². The van der Waals surface area contributed by atoms with E-state index in [9.17, 15) is 10.2 Å². The van der Waals surface area contributed by atoms with Gasteiger partial charge in [-0.15, -0.1) is 13.2 Å². The number of hydrogen-bond donors (Lipinski definition) is 2. The molecule has 2 N–H and O–H groups in total. The van der Waals surface area contributed by atoms with Crippen molar-refractivity contribution in [3.05, 3.63) is 48.6 Å². The molecule has 2 aliphatic rings. The van der Waals surface area contributed by atoms with Gasteiger partial charge in [-0.2, -0.15) is 0 Å². The van der Waals surface area contributed by atoms with Crippen molar-refractivity contribution in [3.63, 3.8) is 0 Å². The Morgan fingerprint density at radius 3 is 2.22 bits per heavy atom. The lowest BCUT2D eigenvalue weighted by atomic mass is 10.0. The van der Waals surface area contributed by atoms with Crippen LogP contribution in [0.25, 0.3) is 0 Å². The Bertz CT molecular complexity index is 518. The third-order valence-electron chi connectivity index (χ3n) is 4.07. The van der Waals surface area contributed by atoms with Crippen molar-refractivity contribution in [2.24, 2.45) is 0 Å². The maximum Gasteiger partial charge on any atom is 0.198 e. The fraction of sp³-hybridized carbons (Fsp3) is 0.333. The first-order valence-electron chi connectivity index (χ1n) is 6.26. The van der Waals surface area contributed by atoms with E-state index in [1.165, 1.54) is 0 Å². The fourth-order valence-electron chi connectivity index (χ4n) is 3.25. The zero-order valence-corrected chi connectivity index (χ0v) is 10.2. The van der Waals surface area contributed by atoms with Crippen molar-refractivity contribution < 1.29 is 10.2 Å². The van der Waals surface area contributed by atoms with Gasteiger partial charge in [-0.05, 0) is 12.8 Å². The number of hydrogen-bond acceptors (Lipinski definition) is 2. The summed E-state index contributed by atoms with van der Waals surface area (Å²) >= 11 is 0. The smallest absolute Gasteiger partial charge is 0.198 e. The van der Waals surface area contributed by atoms with Crippen molar-refractivity contribution in [2.75, 3.05) is 0 Å². The van der Waals surface area contributed by atoms with Gasteiger partial charge in [-0.1, -0.05) is 24.3 Å². The lowest BCUT2D eigenvalue weighted by molar-refractivity contribution is 0.348. The quantitative estimate of drug-likeness (QED) is 0.797. The highest BCUT2D eigenvalue weighted by atomic mass is 16.3. The van der Waals surface area contributed by atoms with Gasteiger partial charge in [-0.25, -0.2) is 0 Å². The maximum atomic E-state index is 10.4. The Labute approximate surface area is 106 Å². The van der Waals surface area contributed by atoms with Crippen LogP contribution < -0.4 is 0 Å². The summed E-state index contributed by atoms with van der Waals surface area (Å²) in [6.07, 6.45) is 9.35. The van der Waals surface area contributed by atoms with E-state index in [0.29, 0.717) is 6.42 Å². The average molecular weight is 243 g/mol. The second-order valence-corrected chi connectivity index (χ2v) is 5.01. The summed E-state index contributed by atoms with van der Waals surface area (Å²) in [5, 5.41) is 20.7. The van der Waals surface area contributed by atoms with Crippen LogP contribution in [0.3, 0.4) is 0 Å². The largest absolute Gasteiger partial charge is 0.494 e. The third kappa shape index (κ3) is 1.24. The Morgan fingerprint density at radius 1 is 1.22 bits per heavy atom. The van der Waals surface area contributed by atoms with Crippen LogP contribution in [0.2, 0.25) is 0 Å². The van der Waals surface area contributed by atoms with Crippen molar-refractivity contribution in [3.8, 4) is 11.8 Å². The van der Waals surface area contributed by atoms with E-state index in [1.54, 1.807) is 16.7 Å². The summed E-state index contributed by atoms with van der Waals surface area (Å²) < 4.78 is 1.57. The van der Waals surface area contributed by atoms with E-state index in [1.807, 2.05) is 0 Å². The van der Waals surface area contributed by atoms with Gasteiger partial charge < -0.3 is 10.2 Å². The molecule has 3 unspecified atom stereocenters. The summed E-state index contributed by atoms with van der Waals surface area (Å²) in [4.78, 5) is 0. The molecule has 0 radical (unpaired) electrons. The molecule has 18 heavy (non-hydrogen) atoms. The molecule has 2 aliphatic carbocycles. The van der Waals surface area contributed by atoms with Gasteiger partial charge in [0.25, 0.3) is 0 Å². The monoisotopic (exact) mass is 243 g/mol. The second kappa shape index (κ2) is 3.80. The van der Waals surface area contributed by atoms with Gasteiger partial charge in [0.2, 0.25) is 0 Å². The van der Waals surface area contributed by atoms with Crippen molar-refractivity contribution in [1.82, 2.24) is 4.57 Å². The first-order chi connectivity index (χ1) is 8.69. The summed E-state index contributed by atoms with van der Waals surface area (Å²) in [6, 6.07) is -0.146. The van der Waals surface area contributed by atoms with E-state index in [4.69, 9.17) is 0 Å². The Kier molecular flexibility index (Phi) is 2.37. The van der Waals surface area contributed by atoms with Gasteiger partial charge in [0.15, 0.2) is 11.8 Å². The van der Waals surface area contributed by atoms with Crippen LogP contribution in [0, 0.1) is 0 Å². The van der Waals surface area contributed by atoms with Crippen LogP contribution in [0.4, 0.5) is 0 Å². The van der Waals surface area contributed by atoms with Gasteiger partial charge in [0.1, 0.15) is 0 Å². The Balaban J connectivity index is 2.13. The van der Waals surface area contributed by atoms with E-state index < -0.39 is 0 Å².